The Kier molecular flexibility index (Phi) is 4.63. The molecule has 0 aliphatic rings. The smallest absolute Gasteiger partial charge is 0.292 e. The molecule has 0 atom stereocenters. The molecule has 0 radical (unpaired) electrons. The summed E-state index contributed by atoms with van der Waals surface area (Å²) in [6.07, 6.45) is 0.683. The van der Waals surface area contributed by atoms with Gasteiger partial charge in [-0.1, -0.05) is 0 Å². The summed E-state index contributed by atoms with van der Waals surface area (Å²) >= 11 is 0. The number of carbonyl (C=O) groups excluding carboxylic acids is 1. The summed E-state index contributed by atoms with van der Waals surface area (Å²) in [4.78, 5) is 20.8. The van der Waals surface area contributed by atoms with Crippen LogP contribution in [-0.4, -0.2) is 17.4 Å². The lowest BCUT2D eigenvalue weighted by atomic mass is 10.2. The van der Waals surface area contributed by atoms with Crippen molar-refractivity contribution in [1.82, 2.24) is 0 Å². The van der Waals surface area contributed by atoms with Crippen LogP contribution in [0.1, 0.15) is 18.4 Å². The highest BCUT2D eigenvalue weighted by Gasteiger charge is 2.13. The lowest BCUT2D eigenvalue weighted by molar-refractivity contribution is -0.384. The van der Waals surface area contributed by atoms with Crippen LogP contribution in [0.5, 0.6) is 0 Å². The number of hydrogen-bond donors (Lipinski definition) is 2. The van der Waals surface area contributed by atoms with Gasteiger partial charge in [-0.3, -0.25) is 14.9 Å². The minimum atomic E-state index is -0.530. The standard InChI is InChI=1S/C11H12N4O3/c12-7-8-3-4-10(15(17)18)9(6-8)14-5-1-2-11(13)16/h3-4,6,14H,1-2,5H2,(H2,13,16). The van der Waals surface area contributed by atoms with Crippen LogP contribution in [0, 0.1) is 21.4 Å². The number of nitrogens with one attached hydrogen (secondary N) is 1. The average molecular weight is 248 g/mol. The second-order valence-corrected chi connectivity index (χ2v) is 3.60. The van der Waals surface area contributed by atoms with Crippen LogP contribution in [0.3, 0.4) is 0 Å². The molecule has 7 heteroatoms. The van der Waals surface area contributed by atoms with Crippen molar-refractivity contribution in [3.63, 3.8) is 0 Å². The molecule has 1 amide bonds. The SMILES string of the molecule is N#Cc1ccc([N+](=O)[O-])c(NCCCC(N)=O)c1. The maximum Gasteiger partial charge on any atom is 0.292 e. The van der Waals surface area contributed by atoms with E-state index in [1.807, 2.05) is 6.07 Å². The normalized spacial score (nSPS) is 9.50. The fraction of sp³-hybridized carbons (Fsp3) is 0.273. The molecule has 0 spiro atoms. The topological polar surface area (TPSA) is 122 Å². The molecule has 94 valence electrons. The maximum atomic E-state index is 10.8. The maximum absolute atomic E-state index is 10.8. The molecule has 0 aliphatic carbocycles. The average Bonchev–Trinajstić information content (AvgIpc) is 2.33. The third-order valence-corrected chi connectivity index (χ3v) is 2.24. The van der Waals surface area contributed by atoms with Gasteiger partial charge in [-0.25, -0.2) is 0 Å². The first-order valence-electron chi connectivity index (χ1n) is 5.25. The van der Waals surface area contributed by atoms with Crippen molar-refractivity contribution in [3.8, 4) is 6.07 Å². The molecule has 0 saturated carbocycles. The third-order valence-electron chi connectivity index (χ3n) is 2.24. The van der Waals surface area contributed by atoms with E-state index in [-0.39, 0.29) is 17.8 Å². The lowest BCUT2D eigenvalue weighted by Gasteiger charge is -2.06. The fourth-order valence-corrected chi connectivity index (χ4v) is 1.39. The second-order valence-electron chi connectivity index (χ2n) is 3.60. The first-order valence-corrected chi connectivity index (χ1v) is 5.25. The first-order chi connectivity index (χ1) is 8.54. The van der Waals surface area contributed by atoms with Gasteiger partial charge in [0.15, 0.2) is 0 Å². The number of hydrogen-bond acceptors (Lipinski definition) is 5. The fourth-order valence-electron chi connectivity index (χ4n) is 1.39. The number of nitro benzene ring substituents is 1. The molecule has 1 aromatic rings. The van der Waals surface area contributed by atoms with Crippen LogP contribution in [0.25, 0.3) is 0 Å². The molecule has 0 unspecified atom stereocenters. The van der Waals surface area contributed by atoms with E-state index in [0.29, 0.717) is 18.5 Å². The van der Waals surface area contributed by atoms with E-state index in [1.165, 1.54) is 18.2 Å². The predicted octanol–water partition coefficient (Wildman–Crippen LogP) is 1.14. The number of nitrogens with zero attached hydrogens (tertiary/aromatic N) is 2. The van der Waals surface area contributed by atoms with Gasteiger partial charge in [0.1, 0.15) is 5.69 Å². The van der Waals surface area contributed by atoms with Gasteiger partial charge in [0, 0.05) is 19.0 Å². The Morgan fingerprint density at radius 1 is 1.56 bits per heavy atom. The van der Waals surface area contributed by atoms with Crippen molar-refractivity contribution in [2.24, 2.45) is 5.73 Å². The number of nitriles is 1. The van der Waals surface area contributed by atoms with Gasteiger partial charge in [-0.15, -0.1) is 0 Å². The molecule has 7 nitrogen and oxygen atoms in total. The summed E-state index contributed by atoms with van der Waals surface area (Å²) in [6, 6.07) is 5.97. The number of nitro groups is 1. The number of nitrogens with two attached hydrogens (primary N) is 1. The molecule has 18 heavy (non-hydrogen) atoms. The highest BCUT2D eigenvalue weighted by atomic mass is 16.6. The van der Waals surface area contributed by atoms with Crippen LogP contribution in [0.15, 0.2) is 18.2 Å². The van der Waals surface area contributed by atoms with E-state index in [2.05, 4.69) is 5.32 Å². The summed E-state index contributed by atoms with van der Waals surface area (Å²) in [5, 5.41) is 22.3. The van der Waals surface area contributed by atoms with Crippen molar-refractivity contribution in [3.05, 3.63) is 33.9 Å². The highest BCUT2D eigenvalue weighted by molar-refractivity contribution is 5.73. The Hall–Kier alpha value is -2.62. The monoisotopic (exact) mass is 248 g/mol. The van der Waals surface area contributed by atoms with Gasteiger partial charge in [0.25, 0.3) is 5.69 Å². The molecule has 0 heterocycles. The summed E-state index contributed by atoms with van der Waals surface area (Å²) in [5.74, 6) is -0.419. The Morgan fingerprint density at radius 2 is 2.28 bits per heavy atom. The summed E-state index contributed by atoms with van der Waals surface area (Å²) < 4.78 is 0. The van der Waals surface area contributed by atoms with Gasteiger partial charge in [0.05, 0.1) is 16.6 Å². The van der Waals surface area contributed by atoms with E-state index in [1.54, 1.807) is 0 Å². The van der Waals surface area contributed by atoms with E-state index in [0.717, 1.165) is 0 Å². The van der Waals surface area contributed by atoms with Gasteiger partial charge < -0.3 is 11.1 Å². The van der Waals surface area contributed by atoms with Crippen LogP contribution >= 0.6 is 0 Å². The van der Waals surface area contributed by atoms with Crippen molar-refractivity contribution in [2.45, 2.75) is 12.8 Å². The summed E-state index contributed by atoms with van der Waals surface area (Å²) in [5.41, 5.74) is 5.47. The van der Waals surface area contributed by atoms with Crippen LogP contribution < -0.4 is 11.1 Å². The predicted molar refractivity (Wildman–Crippen MR) is 64.7 cm³/mol. The van der Waals surface area contributed by atoms with E-state index < -0.39 is 10.8 Å². The highest BCUT2D eigenvalue weighted by Crippen LogP contribution is 2.25. The zero-order valence-electron chi connectivity index (χ0n) is 9.55. The summed E-state index contributed by atoms with van der Waals surface area (Å²) in [7, 11) is 0. The third kappa shape index (κ3) is 3.75. The molecule has 0 aromatic heterocycles. The number of rotatable bonds is 6. The van der Waals surface area contributed by atoms with Crippen molar-refractivity contribution in [2.75, 3.05) is 11.9 Å². The van der Waals surface area contributed by atoms with Gasteiger partial charge in [-0.2, -0.15) is 5.26 Å². The van der Waals surface area contributed by atoms with E-state index >= 15 is 0 Å². The molecule has 0 aliphatic heterocycles. The van der Waals surface area contributed by atoms with E-state index in [9.17, 15) is 14.9 Å². The minimum Gasteiger partial charge on any atom is -0.379 e. The number of benzene rings is 1. The largest absolute Gasteiger partial charge is 0.379 e. The molecule has 0 bridgehead atoms. The number of anilines is 1. The number of primary amides is 1. The van der Waals surface area contributed by atoms with E-state index in [4.69, 9.17) is 11.0 Å². The second kappa shape index (κ2) is 6.20. The van der Waals surface area contributed by atoms with Crippen LogP contribution in [-0.2, 0) is 4.79 Å². The van der Waals surface area contributed by atoms with Gasteiger partial charge >= 0.3 is 0 Å². The molecule has 3 N–H and O–H groups in total. The van der Waals surface area contributed by atoms with Gasteiger partial charge in [-0.05, 0) is 18.6 Å². The zero-order valence-corrected chi connectivity index (χ0v) is 9.55. The number of amides is 1. The Bertz CT molecular complexity index is 508. The molecule has 1 rings (SSSR count). The molecule has 0 fully saturated rings. The van der Waals surface area contributed by atoms with Crippen molar-refractivity contribution < 1.29 is 9.72 Å². The molecule has 0 saturated heterocycles. The Balaban J connectivity index is 2.75. The lowest BCUT2D eigenvalue weighted by Crippen LogP contribution is -2.13. The molecule has 1 aromatic carbocycles. The quantitative estimate of drug-likeness (QED) is 0.444. The first kappa shape index (κ1) is 13.4. The number of carbonyl (C=O) groups is 1. The van der Waals surface area contributed by atoms with Crippen LogP contribution in [0.4, 0.5) is 11.4 Å². The zero-order chi connectivity index (χ0) is 13.5. The Labute approximate surface area is 103 Å². The minimum absolute atomic E-state index is 0.104. The summed E-state index contributed by atoms with van der Waals surface area (Å²) in [6.45, 7) is 0.374. The molecular formula is C11H12N4O3. The molecular weight excluding hydrogens is 236 g/mol. The van der Waals surface area contributed by atoms with Gasteiger partial charge in [0.2, 0.25) is 5.91 Å². The Morgan fingerprint density at radius 3 is 2.83 bits per heavy atom. The van der Waals surface area contributed by atoms with Crippen LogP contribution in [0.2, 0.25) is 0 Å². The van der Waals surface area contributed by atoms with Crippen molar-refractivity contribution in [1.29, 1.82) is 5.26 Å². The van der Waals surface area contributed by atoms with Crippen molar-refractivity contribution >= 4 is 17.3 Å².